The molecule has 0 saturated carbocycles. The first kappa shape index (κ1) is 17.7. The number of carbonyl (C=O) groups is 2. The second-order valence-corrected chi connectivity index (χ2v) is 7.87. The summed E-state index contributed by atoms with van der Waals surface area (Å²) < 4.78 is 22.7. The first-order valence-corrected chi connectivity index (χ1v) is 9.05. The number of rotatable bonds is 6. The van der Waals surface area contributed by atoms with E-state index in [0.29, 0.717) is 32.4 Å². The van der Waals surface area contributed by atoms with Gasteiger partial charge in [0, 0.05) is 25.4 Å². The second-order valence-electron chi connectivity index (χ2n) is 5.39. The van der Waals surface area contributed by atoms with Gasteiger partial charge in [0.2, 0.25) is 0 Å². The molecule has 0 aliphatic carbocycles. The zero-order chi connectivity index (χ0) is 16.1. The minimum atomic E-state index is -3.09. The number of likely N-dealkylation sites (tertiary alicyclic amines) is 1. The van der Waals surface area contributed by atoms with Crippen LogP contribution in [0.4, 0.5) is 4.79 Å². The lowest BCUT2D eigenvalue weighted by molar-refractivity contribution is -0.151. The molecule has 0 unspecified atom stereocenters. The number of carbonyl (C=O) groups excluding carboxylic acids is 1. The summed E-state index contributed by atoms with van der Waals surface area (Å²) in [6, 6.07) is -0.323. The molecule has 0 bridgehead atoms. The van der Waals surface area contributed by atoms with Gasteiger partial charge in [-0.1, -0.05) is 13.8 Å². The van der Waals surface area contributed by atoms with Crippen molar-refractivity contribution in [2.45, 2.75) is 33.1 Å². The predicted molar refractivity (Wildman–Crippen MR) is 78.9 cm³/mol. The number of carboxylic acid groups (broad SMARTS) is 1. The number of sulfone groups is 1. The lowest BCUT2D eigenvalue weighted by Gasteiger charge is -2.38. The Morgan fingerprint density at radius 3 is 2.24 bits per heavy atom. The summed E-state index contributed by atoms with van der Waals surface area (Å²) in [5.41, 5.74) is -0.734. The van der Waals surface area contributed by atoms with E-state index in [0.717, 1.165) is 0 Å². The lowest BCUT2D eigenvalue weighted by atomic mass is 9.76. The summed E-state index contributed by atoms with van der Waals surface area (Å²) in [5.74, 6) is -0.819. The first-order valence-electron chi connectivity index (χ1n) is 7.23. The zero-order valence-electron chi connectivity index (χ0n) is 12.6. The van der Waals surface area contributed by atoms with E-state index in [1.54, 1.807) is 11.8 Å². The topological polar surface area (TPSA) is 104 Å². The largest absolute Gasteiger partial charge is 0.481 e. The van der Waals surface area contributed by atoms with E-state index in [1.165, 1.54) is 0 Å². The molecule has 8 heteroatoms. The fourth-order valence-electron chi connectivity index (χ4n) is 2.43. The monoisotopic (exact) mass is 320 g/mol. The number of urea groups is 1. The maximum absolute atomic E-state index is 11.9. The van der Waals surface area contributed by atoms with Gasteiger partial charge in [0.05, 0.1) is 11.2 Å². The van der Waals surface area contributed by atoms with E-state index in [2.05, 4.69) is 5.32 Å². The van der Waals surface area contributed by atoms with Crippen LogP contribution in [0.5, 0.6) is 0 Å². The Labute approximate surface area is 125 Å². The van der Waals surface area contributed by atoms with Crippen LogP contribution in [-0.4, -0.2) is 61.6 Å². The molecule has 2 amide bonds. The van der Waals surface area contributed by atoms with E-state index in [9.17, 15) is 23.1 Å². The van der Waals surface area contributed by atoms with Crippen LogP contribution in [0.15, 0.2) is 0 Å². The van der Waals surface area contributed by atoms with Crippen molar-refractivity contribution < 1.29 is 23.1 Å². The van der Waals surface area contributed by atoms with Crippen LogP contribution in [-0.2, 0) is 14.6 Å². The standard InChI is InChI=1S/C13H24N2O5S/c1-3-13(11(16)17)5-8-15(9-6-13)12(18)14-7-10-21(19,20)4-2/h3-10H2,1-2H3,(H,14,18)(H,16,17). The molecule has 0 aromatic carbocycles. The normalized spacial score (nSPS) is 18.3. The Hall–Kier alpha value is -1.31. The summed E-state index contributed by atoms with van der Waals surface area (Å²) in [4.78, 5) is 24.8. The number of nitrogens with zero attached hydrogens (tertiary/aromatic N) is 1. The van der Waals surface area contributed by atoms with Gasteiger partial charge in [-0.25, -0.2) is 13.2 Å². The maximum Gasteiger partial charge on any atom is 0.317 e. The molecule has 0 aromatic heterocycles. The molecule has 1 aliphatic rings. The Balaban J connectivity index is 2.44. The SMILES string of the molecule is CCC1(C(=O)O)CCN(C(=O)NCCS(=O)(=O)CC)CC1. The molecule has 122 valence electrons. The Morgan fingerprint density at radius 1 is 1.24 bits per heavy atom. The fraction of sp³-hybridized carbons (Fsp3) is 0.846. The number of amides is 2. The molecule has 1 heterocycles. The van der Waals surface area contributed by atoms with Crippen molar-refractivity contribution in [1.82, 2.24) is 10.2 Å². The summed E-state index contributed by atoms with van der Waals surface area (Å²) in [5, 5.41) is 11.9. The van der Waals surface area contributed by atoms with Crippen LogP contribution < -0.4 is 5.32 Å². The van der Waals surface area contributed by atoms with Crippen molar-refractivity contribution in [3.05, 3.63) is 0 Å². The molecule has 0 spiro atoms. The number of hydrogen-bond donors (Lipinski definition) is 2. The van der Waals surface area contributed by atoms with Crippen molar-refractivity contribution in [3.8, 4) is 0 Å². The quantitative estimate of drug-likeness (QED) is 0.750. The maximum atomic E-state index is 11.9. The van der Waals surface area contributed by atoms with Crippen LogP contribution in [0.25, 0.3) is 0 Å². The molecule has 1 aliphatic heterocycles. The van der Waals surface area contributed by atoms with Crippen LogP contribution in [0.1, 0.15) is 33.1 Å². The minimum absolute atomic E-state index is 0.0597. The summed E-state index contributed by atoms with van der Waals surface area (Å²) >= 11 is 0. The van der Waals surface area contributed by atoms with E-state index in [4.69, 9.17) is 0 Å². The van der Waals surface area contributed by atoms with E-state index in [1.807, 2.05) is 6.92 Å². The van der Waals surface area contributed by atoms with E-state index in [-0.39, 0.29) is 24.1 Å². The molecule has 1 fully saturated rings. The summed E-state index contributed by atoms with van der Waals surface area (Å²) in [7, 11) is -3.09. The van der Waals surface area contributed by atoms with Gasteiger partial charge in [0.15, 0.2) is 9.84 Å². The number of carboxylic acids is 1. The van der Waals surface area contributed by atoms with Crippen molar-refractivity contribution in [2.75, 3.05) is 31.1 Å². The highest BCUT2D eigenvalue weighted by atomic mass is 32.2. The van der Waals surface area contributed by atoms with Gasteiger partial charge in [-0.05, 0) is 19.3 Å². The highest BCUT2D eigenvalue weighted by molar-refractivity contribution is 7.91. The zero-order valence-corrected chi connectivity index (χ0v) is 13.4. The fourth-order valence-corrected chi connectivity index (χ4v) is 3.13. The molecular weight excluding hydrogens is 296 g/mol. The highest BCUT2D eigenvalue weighted by Gasteiger charge is 2.40. The minimum Gasteiger partial charge on any atom is -0.481 e. The second kappa shape index (κ2) is 7.11. The van der Waals surface area contributed by atoms with Crippen molar-refractivity contribution in [2.24, 2.45) is 5.41 Å². The Kier molecular flexibility index (Phi) is 6.00. The molecule has 1 saturated heterocycles. The number of nitrogens with one attached hydrogen (secondary N) is 1. The molecule has 1 rings (SSSR count). The molecule has 0 radical (unpaired) electrons. The van der Waals surface area contributed by atoms with Crippen LogP contribution >= 0.6 is 0 Å². The van der Waals surface area contributed by atoms with Crippen molar-refractivity contribution in [3.63, 3.8) is 0 Å². The predicted octanol–water partition coefficient (Wildman–Crippen LogP) is 0.708. The van der Waals surface area contributed by atoms with Gasteiger partial charge in [-0.15, -0.1) is 0 Å². The molecular formula is C13H24N2O5S. The van der Waals surface area contributed by atoms with Gasteiger partial charge in [-0.3, -0.25) is 4.79 Å². The molecule has 0 atom stereocenters. The Bertz CT molecular complexity index is 481. The number of piperidine rings is 1. The van der Waals surface area contributed by atoms with E-state index < -0.39 is 21.2 Å². The van der Waals surface area contributed by atoms with Crippen molar-refractivity contribution >= 4 is 21.8 Å². The summed E-state index contributed by atoms with van der Waals surface area (Å²) in [6.45, 7) is 4.26. The van der Waals surface area contributed by atoms with Gasteiger partial charge >= 0.3 is 12.0 Å². The molecule has 7 nitrogen and oxygen atoms in total. The van der Waals surface area contributed by atoms with Crippen LogP contribution in [0, 0.1) is 5.41 Å². The third-order valence-electron chi connectivity index (χ3n) is 4.27. The van der Waals surface area contributed by atoms with Crippen molar-refractivity contribution in [1.29, 1.82) is 0 Å². The third-order valence-corrected chi connectivity index (χ3v) is 5.97. The van der Waals surface area contributed by atoms with Gasteiger partial charge in [-0.2, -0.15) is 0 Å². The lowest BCUT2D eigenvalue weighted by Crippen LogP contribution is -2.50. The smallest absolute Gasteiger partial charge is 0.317 e. The molecule has 21 heavy (non-hydrogen) atoms. The molecule has 0 aromatic rings. The average Bonchev–Trinajstić information content (AvgIpc) is 2.46. The third kappa shape index (κ3) is 4.59. The first-order chi connectivity index (χ1) is 9.76. The number of hydrogen-bond acceptors (Lipinski definition) is 4. The summed E-state index contributed by atoms with van der Waals surface area (Å²) in [6.07, 6.45) is 1.41. The van der Waals surface area contributed by atoms with Crippen LogP contribution in [0.3, 0.4) is 0 Å². The van der Waals surface area contributed by atoms with Gasteiger partial charge in [0.25, 0.3) is 0 Å². The van der Waals surface area contributed by atoms with Gasteiger partial charge in [0.1, 0.15) is 0 Å². The Morgan fingerprint density at radius 2 is 1.81 bits per heavy atom. The van der Waals surface area contributed by atoms with E-state index >= 15 is 0 Å². The highest BCUT2D eigenvalue weighted by Crippen LogP contribution is 2.35. The average molecular weight is 320 g/mol. The van der Waals surface area contributed by atoms with Gasteiger partial charge < -0.3 is 15.3 Å². The number of aliphatic carboxylic acids is 1. The molecule has 2 N–H and O–H groups in total. The van der Waals surface area contributed by atoms with Crippen LogP contribution in [0.2, 0.25) is 0 Å².